The molecule has 0 aliphatic heterocycles. The van der Waals surface area contributed by atoms with Crippen LogP contribution in [0.4, 0.5) is 0 Å². The lowest BCUT2D eigenvalue weighted by Crippen LogP contribution is -2.64. The zero-order valence-corrected chi connectivity index (χ0v) is 19.0. The highest BCUT2D eigenvalue weighted by atomic mass is 35.5. The molecule has 5 heteroatoms. The normalized spacial score (nSPS) is 31.1. The van der Waals surface area contributed by atoms with Crippen molar-refractivity contribution in [3.63, 3.8) is 0 Å². The number of halogens is 1. The Hall–Kier alpha value is -1.75. The molecule has 2 atom stereocenters. The maximum atomic E-state index is 11.1. The average Bonchev–Trinajstić information content (AvgIpc) is 2.71. The Morgan fingerprint density at radius 2 is 1.74 bits per heavy atom. The second kappa shape index (κ2) is 8.31. The summed E-state index contributed by atoms with van der Waals surface area (Å²) in [4.78, 5) is 0. The van der Waals surface area contributed by atoms with Gasteiger partial charge in [0, 0.05) is 28.2 Å². The van der Waals surface area contributed by atoms with E-state index < -0.39 is 5.60 Å². The molecule has 4 fully saturated rings. The lowest BCUT2D eigenvalue weighted by Gasteiger charge is -2.60. The largest absolute Gasteiger partial charge is 0.490 e. The summed E-state index contributed by atoms with van der Waals surface area (Å²) in [5.41, 5.74) is 1.62. The topological polar surface area (TPSA) is 50.7 Å². The Balaban J connectivity index is 1.35. The molecular formula is C26H32ClNO3. The van der Waals surface area contributed by atoms with Crippen LogP contribution in [0.2, 0.25) is 5.02 Å². The fourth-order valence-corrected chi connectivity index (χ4v) is 6.79. The van der Waals surface area contributed by atoms with Crippen LogP contribution in [-0.2, 0) is 13.2 Å². The fraction of sp³-hybridized carbons (Fsp3) is 0.538. The molecule has 0 saturated heterocycles. The van der Waals surface area contributed by atoms with E-state index in [0.717, 1.165) is 41.9 Å². The molecule has 2 aromatic carbocycles. The monoisotopic (exact) mass is 441 g/mol. The van der Waals surface area contributed by atoms with Gasteiger partial charge in [-0.3, -0.25) is 0 Å². The molecule has 4 aliphatic rings. The average molecular weight is 442 g/mol. The molecule has 2 N–H and O–H groups in total. The molecule has 0 aromatic heterocycles. The molecule has 2 unspecified atom stereocenters. The Morgan fingerprint density at radius 3 is 2.45 bits per heavy atom. The van der Waals surface area contributed by atoms with E-state index in [2.05, 4.69) is 11.4 Å². The highest BCUT2D eigenvalue weighted by molar-refractivity contribution is 6.31. The summed E-state index contributed by atoms with van der Waals surface area (Å²) in [6.07, 6.45) is 6.48. The molecule has 4 aliphatic carbocycles. The quantitative estimate of drug-likeness (QED) is 0.568. The third-order valence-electron chi connectivity index (χ3n) is 7.37. The van der Waals surface area contributed by atoms with Gasteiger partial charge >= 0.3 is 0 Å². The smallest absolute Gasteiger partial charge is 0.166 e. The summed E-state index contributed by atoms with van der Waals surface area (Å²) < 4.78 is 12.2. The van der Waals surface area contributed by atoms with Crippen molar-refractivity contribution in [1.82, 2.24) is 5.32 Å². The molecular weight excluding hydrogens is 410 g/mol. The highest BCUT2D eigenvalue weighted by Crippen LogP contribution is 2.57. The van der Waals surface area contributed by atoms with E-state index in [0.29, 0.717) is 36.6 Å². The summed E-state index contributed by atoms with van der Waals surface area (Å²) in [7, 11) is 0. The molecule has 2 aromatic rings. The van der Waals surface area contributed by atoms with Gasteiger partial charge in [-0.15, -0.1) is 0 Å². The van der Waals surface area contributed by atoms with Gasteiger partial charge in [0.15, 0.2) is 11.5 Å². The lowest BCUT2D eigenvalue weighted by atomic mass is 9.51. The van der Waals surface area contributed by atoms with Crippen molar-refractivity contribution in [3.8, 4) is 11.5 Å². The van der Waals surface area contributed by atoms with Gasteiger partial charge < -0.3 is 19.9 Å². The molecule has 0 spiro atoms. The molecule has 4 saturated carbocycles. The minimum Gasteiger partial charge on any atom is -0.490 e. The maximum absolute atomic E-state index is 11.1. The van der Waals surface area contributed by atoms with Crippen LogP contribution in [0.5, 0.6) is 11.5 Å². The van der Waals surface area contributed by atoms with Crippen molar-refractivity contribution in [1.29, 1.82) is 0 Å². The minimum atomic E-state index is -0.465. The van der Waals surface area contributed by atoms with Crippen LogP contribution >= 0.6 is 11.6 Å². The number of rotatable bonds is 8. The van der Waals surface area contributed by atoms with Crippen molar-refractivity contribution in [2.45, 2.75) is 69.7 Å². The predicted molar refractivity (Wildman–Crippen MR) is 123 cm³/mol. The minimum absolute atomic E-state index is 0.0421. The first-order chi connectivity index (χ1) is 15.0. The van der Waals surface area contributed by atoms with E-state index in [1.165, 1.54) is 19.3 Å². The molecule has 0 amide bonds. The van der Waals surface area contributed by atoms with Gasteiger partial charge in [-0.25, -0.2) is 0 Å². The third-order valence-corrected chi connectivity index (χ3v) is 7.74. The van der Waals surface area contributed by atoms with E-state index in [4.69, 9.17) is 21.1 Å². The number of para-hydroxylation sites is 1. The van der Waals surface area contributed by atoms with Crippen LogP contribution in [0, 0.1) is 11.8 Å². The molecule has 166 valence electrons. The first-order valence-electron chi connectivity index (χ1n) is 11.6. The number of ether oxygens (including phenoxy) is 2. The van der Waals surface area contributed by atoms with Crippen LogP contribution in [0.3, 0.4) is 0 Å². The zero-order chi connectivity index (χ0) is 21.5. The van der Waals surface area contributed by atoms with Crippen LogP contribution in [0.1, 0.15) is 56.6 Å². The Kier molecular flexibility index (Phi) is 5.66. The fourth-order valence-electron chi connectivity index (χ4n) is 6.60. The Bertz CT molecular complexity index is 932. The number of aliphatic hydroxyl groups is 1. The van der Waals surface area contributed by atoms with Gasteiger partial charge in [0.25, 0.3) is 0 Å². The summed E-state index contributed by atoms with van der Waals surface area (Å²) in [6, 6.07) is 13.9. The standard InChI is InChI=1S/C26H32ClNO3/c1-2-30-23-9-5-7-20(24(23)31-16-21-6-3-4-8-22(21)27)15-28-25-11-18-10-19(12-25)14-26(29,13-18)17-25/h3-9,18-19,28-29H,2,10-17H2,1H3. The number of hydrogen-bond donors (Lipinski definition) is 2. The van der Waals surface area contributed by atoms with Crippen LogP contribution in [0.15, 0.2) is 42.5 Å². The van der Waals surface area contributed by atoms with Crippen LogP contribution < -0.4 is 14.8 Å². The second-order valence-electron chi connectivity index (χ2n) is 9.88. The van der Waals surface area contributed by atoms with E-state index in [-0.39, 0.29) is 5.54 Å². The van der Waals surface area contributed by atoms with Gasteiger partial charge in [-0.2, -0.15) is 0 Å². The molecule has 31 heavy (non-hydrogen) atoms. The van der Waals surface area contributed by atoms with Gasteiger partial charge in [0.1, 0.15) is 6.61 Å². The number of hydrogen-bond acceptors (Lipinski definition) is 4. The predicted octanol–water partition coefficient (Wildman–Crippen LogP) is 5.49. The van der Waals surface area contributed by atoms with Crippen molar-refractivity contribution < 1.29 is 14.6 Å². The Morgan fingerprint density at radius 1 is 1.00 bits per heavy atom. The Labute approximate surface area is 189 Å². The maximum Gasteiger partial charge on any atom is 0.166 e. The summed E-state index contributed by atoms with van der Waals surface area (Å²) in [5, 5.41) is 15.6. The summed E-state index contributed by atoms with van der Waals surface area (Å²) in [5.74, 6) is 2.85. The number of benzene rings is 2. The van der Waals surface area contributed by atoms with E-state index in [9.17, 15) is 5.11 Å². The lowest BCUT2D eigenvalue weighted by molar-refractivity contribution is -0.142. The second-order valence-corrected chi connectivity index (χ2v) is 10.3. The van der Waals surface area contributed by atoms with Gasteiger partial charge in [0.05, 0.1) is 12.2 Å². The van der Waals surface area contributed by atoms with Gasteiger partial charge in [0.2, 0.25) is 0 Å². The van der Waals surface area contributed by atoms with Gasteiger partial charge in [-0.1, -0.05) is 41.9 Å². The van der Waals surface area contributed by atoms with E-state index in [1.807, 2.05) is 43.3 Å². The molecule has 4 bridgehead atoms. The molecule has 4 nitrogen and oxygen atoms in total. The molecule has 6 rings (SSSR count). The zero-order valence-electron chi connectivity index (χ0n) is 18.2. The van der Waals surface area contributed by atoms with Gasteiger partial charge in [-0.05, 0) is 69.4 Å². The van der Waals surface area contributed by atoms with Crippen molar-refractivity contribution in [3.05, 3.63) is 58.6 Å². The molecule has 0 heterocycles. The number of nitrogens with one attached hydrogen (secondary N) is 1. The third kappa shape index (κ3) is 4.30. The first kappa shape index (κ1) is 21.1. The van der Waals surface area contributed by atoms with Crippen molar-refractivity contribution in [2.24, 2.45) is 11.8 Å². The van der Waals surface area contributed by atoms with Crippen LogP contribution in [-0.4, -0.2) is 22.9 Å². The van der Waals surface area contributed by atoms with E-state index in [1.54, 1.807) is 0 Å². The highest BCUT2D eigenvalue weighted by Gasteiger charge is 2.56. The summed E-state index contributed by atoms with van der Waals surface area (Å²) in [6.45, 7) is 3.67. The summed E-state index contributed by atoms with van der Waals surface area (Å²) >= 11 is 6.33. The van der Waals surface area contributed by atoms with Crippen LogP contribution in [0.25, 0.3) is 0 Å². The first-order valence-corrected chi connectivity index (χ1v) is 11.9. The SMILES string of the molecule is CCOc1cccc(CNC23CC4CC(CC(O)(C4)C2)C3)c1OCc1ccccc1Cl. The van der Waals surface area contributed by atoms with E-state index >= 15 is 0 Å². The molecule has 0 radical (unpaired) electrons. The van der Waals surface area contributed by atoms with Crippen molar-refractivity contribution >= 4 is 11.6 Å². The van der Waals surface area contributed by atoms with Crippen molar-refractivity contribution in [2.75, 3.05) is 6.61 Å².